The highest BCUT2D eigenvalue weighted by atomic mass is 19.1. The lowest BCUT2D eigenvalue weighted by molar-refractivity contribution is -0.00158. The smallest absolute Gasteiger partial charge is 0.241 e. The molecule has 0 aliphatic heterocycles. The minimum atomic E-state index is -0.459. The van der Waals surface area contributed by atoms with Crippen LogP contribution in [0.3, 0.4) is 0 Å². The van der Waals surface area contributed by atoms with Crippen molar-refractivity contribution in [1.29, 1.82) is 0 Å². The highest BCUT2D eigenvalue weighted by molar-refractivity contribution is 5.82. The Hall–Kier alpha value is -3.11. The summed E-state index contributed by atoms with van der Waals surface area (Å²) in [4.78, 5) is 13.8. The summed E-state index contributed by atoms with van der Waals surface area (Å²) in [6.45, 7) is 2.94. The first-order valence-electron chi connectivity index (χ1n) is 11.8. The van der Waals surface area contributed by atoms with Crippen molar-refractivity contribution in [3.05, 3.63) is 36.4 Å². The van der Waals surface area contributed by atoms with Gasteiger partial charge < -0.3 is 19.4 Å². The van der Waals surface area contributed by atoms with Crippen LogP contribution in [0.25, 0.3) is 27.9 Å². The molecule has 4 aromatic rings. The fraction of sp³-hybridized carbons (Fsp3) is 0.500. The van der Waals surface area contributed by atoms with Crippen molar-refractivity contribution in [3.8, 4) is 11.3 Å². The molecule has 0 saturated heterocycles. The predicted molar refractivity (Wildman–Crippen MR) is 128 cm³/mol. The molecule has 1 fully saturated rings. The van der Waals surface area contributed by atoms with Gasteiger partial charge in [0.2, 0.25) is 5.95 Å². The van der Waals surface area contributed by atoms with E-state index in [1.54, 1.807) is 7.11 Å². The molecule has 4 aromatic heterocycles. The number of rotatable bonds is 9. The summed E-state index contributed by atoms with van der Waals surface area (Å²) in [6, 6.07) is 6.17. The molecule has 0 spiro atoms. The van der Waals surface area contributed by atoms with E-state index in [1.165, 1.54) is 0 Å². The Morgan fingerprint density at radius 1 is 1.12 bits per heavy atom. The first kappa shape index (κ1) is 22.7. The summed E-state index contributed by atoms with van der Waals surface area (Å²) < 4.78 is 27.6. The Balaban J connectivity index is 1.30. The molecule has 0 atom stereocenters. The molecule has 10 heteroatoms. The molecule has 4 heterocycles. The molecule has 34 heavy (non-hydrogen) atoms. The predicted octanol–water partition coefficient (Wildman–Crippen LogP) is 3.81. The molecule has 1 aliphatic carbocycles. The zero-order valence-corrected chi connectivity index (χ0v) is 19.6. The van der Waals surface area contributed by atoms with Crippen molar-refractivity contribution >= 4 is 22.6 Å². The Morgan fingerprint density at radius 2 is 1.97 bits per heavy atom. The highest BCUT2D eigenvalue weighted by Crippen LogP contribution is 2.27. The van der Waals surface area contributed by atoms with Gasteiger partial charge in [-0.05, 0) is 50.8 Å². The van der Waals surface area contributed by atoms with Gasteiger partial charge in [0.05, 0.1) is 43.3 Å². The van der Waals surface area contributed by atoms with Gasteiger partial charge in [-0.25, -0.2) is 23.9 Å². The second-order valence-corrected chi connectivity index (χ2v) is 8.66. The third-order valence-electron chi connectivity index (χ3n) is 6.43. The van der Waals surface area contributed by atoms with Crippen molar-refractivity contribution in [1.82, 2.24) is 29.1 Å². The molecule has 5 rings (SSSR count). The topological polar surface area (TPSA) is 91.4 Å². The quantitative estimate of drug-likeness (QED) is 0.374. The zero-order valence-electron chi connectivity index (χ0n) is 19.6. The lowest BCUT2D eigenvalue weighted by Gasteiger charge is -2.29. The number of aromatic nitrogens is 6. The largest absolute Gasteiger partial charge is 0.382 e. The van der Waals surface area contributed by atoms with Crippen molar-refractivity contribution < 1.29 is 13.9 Å². The average molecular weight is 468 g/mol. The second-order valence-electron chi connectivity index (χ2n) is 8.66. The van der Waals surface area contributed by atoms with Crippen molar-refractivity contribution in [3.63, 3.8) is 0 Å². The van der Waals surface area contributed by atoms with Gasteiger partial charge in [-0.1, -0.05) is 0 Å². The number of aryl methyl sites for hydroxylation is 2. The molecular formula is C24H30FN7O2. The number of nitrogens with zero attached hydrogens (tertiary/aromatic N) is 6. The number of hydrogen-bond donors (Lipinski definition) is 1. The lowest BCUT2D eigenvalue weighted by Crippen LogP contribution is -2.31. The van der Waals surface area contributed by atoms with E-state index in [-0.39, 0.29) is 6.54 Å². The molecule has 1 aliphatic rings. The Bertz CT molecular complexity index is 1260. The molecule has 9 nitrogen and oxygen atoms in total. The number of ether oxygens (including phenoxy) is 2. The Labute approximate surface area is 197 Å². The highest BCUT2D eigenvalue weighted by Gasteiger charge is 2.22. The van der Waals surface area contributed by atoms with E-state index in [2.05, 4.69) is 20.4 Å². The van der Waals surface area contributed by atoms with E-state index in [9.17, 15) is 4.39 Å². The van der Waals surface area contributed by atoms with Crippen LogP contribution in [0.4, 0.5) is 10.3 Å². The van der Waals surface area contributed by atoms with E-state index in [0.29, 0.717) is 37.0 Å². The zero-order chi connectivity index (χ0) is 23.5. The average Bonchev–Trinajstić information content (AvgIpc) is 3.40. The Kier molecular flexibility index (Phi) is 6.68. The Morgan fingerprint density at radius 3 is 2.76 bits per heavy atom. The number of nitrogens with one attached hydrogen (secondary N) is 1. The molecule has 1 N–H and O–H groups in total. The first-order valence-corrected chi connectivity index (χ1v) is 11.8. The van der Waals surface area contributed by atoms with Gasteiger partial charge >= 0.3 is 0 Å². The minimum absolute atomic E-state index is 0.245. The minimum Gasteiger partial charge on any atom is -0.382 e. The van der Waals surface area contributed by atoms with Gasteiger partial charge in [0.1, 0.15) is 18.0 Å². The van der Waals surface area contributed by atoms with Gasteiger partial charge in [0.15, 0.2) is 5.65 Å². The van der Waals surface area contributed by atoms with Crippen LogP contribution in [0.1, 0.15) is 31.5 Å². The van der Waals surface area contributed by atoms with Crippen LogP contribution in [0, 0.1) is 6.92 Å². The maximum Gasteiger partial charge on any atom is 0.241 e. The third-order valence-corrected chi connectivity index (χ3v) is 6.43. The first-order chi connectivity index (χ1) is 16.7. The second kappa shape index (κ2) is 10.0. The van der Waals surface area contributed by atoms with E-state index in [4.69, 9.17) is 14.5 Å². The number of pyridine rings is 1. The maximum atomic E-state index is 13.0. The summed E-state index contributed by atoms with van der Waals surface area (Å²) >= 11 is 0. The van der Waals surface area contributed by atoms with Crippen LogP contribution in [0.15, 0.2) is 30.6 Å². The van der Waals surface area contributed by atoms with Crippen LogP contribution >= 0.6 is 0 Å². The van der Waals surface area contributed by atoms with Crippen molar-refractivity contribution in [2.24, 2.45) is 0 Å². The fourth-order valence-electron chi connectivity index (χ4n) is 4.65. The van der Waals surface area contributed by atoms with E-state index in [0.717, 1.165) is 53.8 Å². The monoisotopic (exact) mass is 467 g/mol. The van der Waals surface area contributed by atoms with Crippen molar-refractivity contribution in [2.75, 3.05) is 32.3 Å². The molecule has 0 aromatic carbocycles. The van der Waals surface area contributed by atoms with Gasteiger partial charge in [-0.15, -0.1) is 5.10 Å². The van der Waals surface area contributed by atoms with Gasteiger partial charge in [-0.2, -0.15) is 0 Å². The number of imidazole rings is 1. The van der Waals surface area contributed by atoms with Gasteiger partial charge in [0.25, 0.3) is 0 Å². The lowest BCUT2D eigenvalue weighted by atomic mass is 9.93. The summed E-state index contributed by atoms with van der Waals surface area (Å²) in [5.74, 6) is 1.37. The summed E-state index contributed by atoms with van der Waals surface area (Å²) in [6.07, 6.45) is 8.11. The number of fused-ring (bicyclic) bond motifs is 2. The van der Waals surface area contributed by atoms with Crippen LogP contribution in [-0.2, 0) is 16.0 Å². The van der Waals surface area contributed by atoms with Crippen LogP contribution < -0.4 is 5.32 Å². The van der Waals surface area contributed by atoms with Gasteiger partial charge in [-0.3, -0.25) is 0 Å². The third kappa shape index (κ3) is 4.60. The molecule has 0 radical (unpaired) electrons. The number of methoxy groups -OCH3 is 1. The van der Waals surface area contributed by atoms with Crippen molar-refractivity contribution in [2.45, 2.75) is 51.3 Å². The summed E-state index contributed by atoms with van der Waals surface area (Å²) in [5.41, 5.74) is 4.02. The molecular weight excluding hydrogens is 437 g/mol. The normalized spacial score (nSPS) is 18.7. The fourth-order valence-corrected chi connectivity index (χ4v) is 4.65. The van der Waals surface area contributed by atoms with Crippen LogP contribution in [0.5, 0.6) is 0 Å². The van der Waals surface area contributed by atoms with Gasteiger partial charge in [0, 0.05) is 24.9 Å². The number of halogens is 1. The number of hydrogen-bond acceptors (Lipinski definition) is 7. The molecule has 0 amide bonds. The number of alkyl halides is 1. The molecule has 1 saturated carbocycles. The van der Waals surface area contributed by atoms with Crippen LogP contribution in [0.2, 0.25) is 0 Å². The molecule has 0 bridgehead atoms. The van der Waals surface area contributed by atoms with E-state index < -0.39 is 6.67 Å². The summed E-state index contributed by atoms with van der Waals surface area (Å²) in [5, 5.41) is 8.13. The van der Waals surface area contributed by atoms with E-state index in [1.807, 2.05) is 46.6 Å². The maximum absolute atomic E-state index is 13.0. The summed E-state index contributed by atoms with van der Waals surface area (Å²) in [7, 11) is 1.69. The SMILES string of the molecule is COCCO[C@H]1CC[C@@H](Nc2ncc3c(-c4ccc5nc(C)n(CCF)c5n4)ccn3n2)CC1. The number of anilines is 1. The van der Waals surface area contributed by atoms with Crippen LogP contribution in [-0.4, -0.2) is 68.3 Å². The standard InChI is InChI=1S/C24H30FN7O2/c1-16-27-21-8-7-20(29-23(21)31(16)12-10-25)19-9-11-32-22(19)15-26-24(30-32)28-17-3-5-18(6-4-17)34-14-13-33-2/h7-9,11,15,17-18H,3-6,10,12-14H2,1-2H3,(H,28,30)/t17-,18+. The molecule has 0 unspecified atom stereocenters. The van der Waals surface area contributed by atoms with E-state index >= 15 is 0 Å². The molecule has 180 valence electrons.